The SMILES string of the molecule is CC(=O)C(C)(C)Oc1ccccc1CCCN. The number of hydrogen-bond acceptors (Lipinski definition) is 3. The first-order chi connectivity index (χ1) is 7.97. The van der Waals surface area contributed by atoms with Gasteiger partial charge in [-0.1, -0.05) is 18.2 Å². The van der Waals surface area contributed by atoms with Gasteiger partial charge in [0.2, 0.25) is 0 Å². The number of rotatable bonds is 6. The smallest absolute Gasteiger partial charge is 0.172 e. The summed E-state index contributed by atoms with van der Waals surface area (Å²) in [5, 5.41) is 0. The van der Waals surface area contributed by atoms with Gasteiger partial charge in [-0.3, -0.25) is 4.79 Å². The van der Waals surface area contributed by atoms with Gasteiger partial charge in [0.1, 0.15) is 5.75 Å². The van der Waals surface area contributed by atoms with Gasteiger partial charge in [0.15, 0.2) is 11.4 Å². The molecular weight excluding hydrogens is 214 g/mol. The van der Waals surface area contributed by atoms with E-state index in [2.05, 4.69) is 0 Å². The molecule has 0 radical (unpaired) electrons. The third-order valence-electron chi connectivity index (χ3n) is 2.84. The number of benzene rings is 1. The predicted octanol–water partition coefficient (Wildman–Crippen LogP) is 2.32. The Balaban J connectivity index is 2.86. The highest BCUT2D eigenvalue weighted by Crippen LogP contribution is 2.24. The molecule has 0 amide bonds. The molecule has 0 saturated heterocycles. The van der Waals surface area contributed by atoms with Crippen molar-refractivity contribution >= 4 is 5.78 Å². The summed E-state index contributed by atoms with van der Waals surface area (Å²) in [4.78, 5) is 11.5. The molecular formula is C14H21NO2. The largest absolute Gasteiger partial charge is 0.480 e. The number of carbonyl (C=O) groups excluding carboxylic acids is 1. The van der Waals surface area contributed by atoms with Gasteiger partial charge >= 0.3 is 0 Å². The normalized spacial score (nSPS) is 11.3. The van der Waals surface area contributed by atoms with Crippen LogP contribution >= 0.6 is 0 Å². The molecule has 3 heteroatoms. The summed E-state index contributed by atoms with van der Waals surface area (Å²) in [5.41, 5.74) is 5.83. The fourth-order valence-electron chi connectivity index (χ4n) is 1.45. The van der Waals surface area contributed by atoms with Crippen LogP contribution in [-0.2, 0) is 11.2 Å². The number of nitrogens with two attached hydrogens (primary N) is 1. The Morgan fingerprint density at radius 2 is 2.00 bits per heavy atom. The molecule has 0 spiro atoms. The standard InChI is InChI=1S/C14H21NO2/c1-11(16)14(2,3)17-13-9-5-4-7-12(13)8-6-10-15/h4-5,7,9H,6,8,10,15H2,1-3H3. The van der Waals surface area contributed by atoms with E-state index >= 15 is 0 Å². The van der Waals surface area contributed by atoms with Crippen molar-refractivity contribution in [1.29, 1.82) is 0 Å². The van der Waals surface area contributed by atoms with E-state index in [1.165, 1.54) is 0 Å². The van der Waals surface area contributed by atoms with Gasteiger partial charge in [-0.05, 0) is 51.8 Å². The van der Waals surface area contributed by atoms with Crippen molar-refractivity contribution in [3.63, 3.8) is 0 Å². The third kappa shape index (κ3) is 3.86. The van der Waals surface area contributed by atoms with Gasteiger partial charge in [-0.2, -0.15) is 0 Å². The van der Waals surface area contributed by atoms with Crippen LogP contribution in [0.1, 0.15) is 32.8 Å². The predicted molar refractivity (Wildman–Crippen MR) is 69.2 cm³/mol. The minimum Gasteiger partial charge on any atom is -0.480 e. The van der Waals surface area contributed by atoms with Crippen molar-refractivity contribution in [2.24, 2.45) is 5.73 Å². The lowest BCUT2D eigenvalue weighted by atomic mass is 10.0. The lowest BCUT2D eigenvalue weighted by Gasteiger charge is -2.25. The van der Waals surface area contributed by atoms with Crippen molar-refractivity contribution in [3.8, 4) is 5.75 Å². The highest BCUT2D eigenvalue weighted by molar-refractivity contribution is 5.84. The molecule has 94 valence electrons. The Morgan fingerprint density at radius 3 is 2.59 bits per heavy atom. The second-order valence-corrected chi connectivity index (χ2v) is 4.67. The molecule has 0 aliphatic heterocycles. The maximum absolute atomic E-state index is 11.5. The van der Waals surface area contributed by atoms with E-state index in [1.807, 2.05) is 24.3 Å². The minimum atomic E-state index is -0.779. The van der Waals surface area contributed by atoms with E-state index in [0.717, 1.165) is 24.2 Å². The Bertz CT molecular complexity index is 386. The fraction of sp³-hybridized carbons (Fsp3) is 0.500. The Morgan fingerprint density at radius 1 is 1.35 bits per heavy atom. The molecule has 0 aliphatic carbocycles. The number of para-hydroxylation sites is 1. The number of carbonyl (C=O) groups is 1. The Hall–Kier alpha value is -1.35. The van der Waals surface area contributed by atoms with Gasteiger partial charge in [0.25, 0.3) is 0 Å². The lowest BCUT2D eigenvalue weighted by molar-refractivity contribution is -0.129. The van der Waals surface area contributed by atoms with E-state index in [9.17, 15) is 4.79 Å². The maximum Gasteiger partial charge on any atom is 0.172 e. The van der Waals surface area contributed by atoms with E-state index < -0.39 is 5.60 Å². The summed E-state index contributed by atoms with van der Waals surface area (Å²) < 4.78 is 5.80. The molecule has 0 aromatic heterocycles. The van der Waals surface area contributed by atoms with Gasteiger partial charge in [-0.15, -0.1) is 0 Å². The molecule has 0 bridgehead atoms. The zero-order valence-electron chi connectivity index (χ0n) is 10.8. The summed E-state index contributed by atoms with van der Waals surface area (Å²) in [6, 6.07) is 7.80. The number of ether oxygens (including phenoxy) is 1. The zero-order chi connectivity index (χ0) is 12.9. The quantitative estimate of drug-likeness (QED) is 0.823. The highest BCUT2D eigenvalue weighted by Gasteiger charge is 2.26. The Labute approximate surface area is 103 Å². The molecule has 0 unspecified atom stereocenters. The molecule has 0 heterocycles. The second-order valence-electron chi connectivity index (χ2n) is 4.67. The highest BCUT2D eigenvalue weighted by atomic mass is 16.5. The first kappa shape index (κ1) is 13.7. The van der Waals surface area contributed by atoms with Crippen molar-refractivity contribution in [2.75, 3.05) is 6.54 Å². The van der Waals surface area contributed by atoms with Crippen LogP contribution in [0.2, 0.25) is 0 Å². The molecule has 0 aliphatic rings. The van der Waals surface area contributed by atoms with Crippen LogP contribution < -0.4 is 10.5 Å². The molecule has 1 aromatic rings. The monoisotopic (exact) mass is 235 g/mol. The topological polar surface area (TPSA) is 52.3 Å². The third-order valence-corrected chi connectivity index (χ3v) is 2.84. The van der Waals surface area contributed by atoms with Crippen LogP contribution in [0.25, 0.3) is 0 Å². The van der Waals surface area contributed by atoms with Crippen LogP contribution in [0.4, 0.5) is 0 Å². The number of ketones is 1. The summed E-state index contributed by atoms with van der Waals surface area (Å²) in [7, 11) is 0. The summed E-state index contributed by atoms with van der Waals surface area (Å²) in [5.74, 6) is 0.798. The first-order valence-electron chi connectivity index (χ1n) is 5.95. The molecule has 0 atom stereocenters. The van der Waals surface area contributed by atoms with Crippen LogP contribution in [0.15, 0.2) is 24.3 Å². The van der Waals surface area contributed by atoms with E-state index in [-0.39, 0.29) is 5.78 Å². The molecule has 1 rings (SSSR count). The van der Waals surface area contributed by atoms with Crippen LogP contribution in [0.5, 0.6) is 5.75 Å². The van der Waals surface area contributed by atoms with Crippen molar-refractivity contribution < 1.29 is 9.53 Å². The van der Waals surface area contributed by atoms with Crippen molar-refractivity contribution in [1.82, 2.24) is 0 Å². The van der Waals surface area contributed by atoms with Gasteiger partial charge < -0.3 is 10.5 Å². The summed E-state index contributed by atoms with van der Waals surface area (Å²) in [6.45, 7) is 5.77. The average molecular weight is 235 g/mol. The maximum atomic E-state index is 11.5. The number of hydrogen-bond donors (Lipinski definition) is 1. The summed E-state index contributed by atoms with van der Waals surface area (Å²) in [6.07, 6.45) is 1.79. The van der Waals surface area contributed by atoms with E-state index in [0.29, 0.717) is 6.54 Å². The number of aryl methyl sites for hydroxylation is 1. The number of Topliss-reactive ketones (excluding diaryl/α,β-unsaturated/α-hetero) is 1. The van der Waals surface area contributed by atoms with Gasteiger partial charge in [-0.25, -0.2) is 0 Å². The molecule has 0 fully saturated rings. The van der Waals surface area contributed by atoms with E-state index in [4.69, 9.17) is 10.5 Å². The summed E-state index contributed by atoms with van der Waals surface area (Å²) >= 11 is 0. The lowest BCUT2D eigenvalue weighted by Crippen LogP contribution is -2.36. The zero-order valence-corrected chi connectivity index (χ0v) is 10.8. The van der Waals surface area contributed by atoms with Crippen molar-refractivity contribution in [2.45, 2.75) is 39.2 Å². The van der Waals surface area contributed by atoms with Crippen LogP contribution in [0.3, 0.4) is 0 Å². The van der Waals surface area contributed by atoms with Crippen molar-refractivity contribution in [3.05, 3.63) is 29.8 Å². The van der Waals surface area contributed by atoms with Gasteiger partial charge in [0.05, 0.1) is 0 Å². The minimum absolute atomic E-state index is 0.0196. The molecule has 2 N–H and O–H groups in total. The van der Waals surface area contributed by atoms with Crippen LogP contribution in [-0.4, -0.2) is 17.9 Å². The first-order valence-corrected chi connectivity index (χ1v) is 5.95. The molecule has 17 heavy (non-hydrogen) atoms. The molecule has 0 saturated carbocycles. The molecule has 3 nitrogen and oxygen atoms in total. The second kappa shape index (κ2) is 5.82. The fourth-order valence-corrected chi connectivity index (χ4v) is 1.45. The average Bonchev–Trinajstić information content (AvgIpc) is 2.27. The Kier molecular flexibility index (Phi) is 4.70. The van der Waals surface area contributed by atoms with E-state index in [1.54, 1.807) is 20.8 Å². The molecule has 1 aromatic carbocycles. The van der Waals surface area contributed by atoms with Crippen LogP contribution in [0, 0.1) is 0 Å². The van der Waals surface area contributed by atoms with Gasteiger partial charge in [0, 0.05) is 0 Å².